The van der Waals surface area contributed by atoms with Gasteiger partial charge in [-0.05, 0) is 50.3 Å². The summed E-state index contributed by atoms with van der Waals surface area (Å²) in [6, 6.07) is 4.28. The quantitative estimate of drug-likeness (QED) is 0.737. The molecule has 0 atom stereocenters. The smallest absolute Gasteiger partial charge is 0.337 e. The van der Waals surface area contributed by atoms with Gasteiger partial charge in [0.25, 0.3) is 0 Å². The van der Waals surface area contributed by atoms with Gasteiger partial charge >= 0.3 is 5.97 Å². The fourth-order valence-electron chi connectivity index (χ4n) is 4.24. The number of piperidine rings is 1. The van der Waals surface area contributed by atoms with Gasteiger partial charge in [-0.1, -0.05) is 25.3 Å². The summed E-state index contributed by atoms with van der Waals surface area (Å²) >= 11 is 0. The molecule has 1 saturated heterocycles. The number of aryl methyl sites for hydroxylation is 1. The largest absolute Gasteiger partial charge is 0.465 e. The molecule has 1 N–H and O–H groups in total. The lowest BCUT2D eigenvalue weighted by Gasteiger charge is -2.35. The average molecular weight is 423 g/mol. The molecule has 1 saturated carbocycles. The second-order valence-electron chi connectivity index (χ2n) is 8.03. The topological polar surface area (TPSA) is 92.8 Å². The normalized spacial score (nSPS) is 19.2. The lowest BCUT2D eigenvalue weighted by Crippen LogP contribution is -2.48. The molecule has 0 spiro atoms. The van der Waals surface area contributed by atoms with E-state index in [4.69, 9.17) is 0 Å². The van der Waals surface area contributed by atoms with Gasteiger partial charge in [-0.2, -0.15) is 0 Å². The number of ether oxygens (including phenoxy) is 1. The number of carbonyl (C=O) groups is 2. The van der Waals surface area contributed by atoms with Crippen molar-refractivity contribution in [1.82, 2.24) is 9.62 Å². The van der Waals surface area contributed by atoms with Gasteiger partial charge in [-0.25, -0.2) is 17.9 Å². The first kappa shape index (κ1) is 21.8. The van der Waals surface area contributed by atoms with E-state index >= 15 is 0 Å². The highest BCUT2D eigenvalue weighted by molar-refractivity contribution is 7.89. The van der Waals surface area contributed by atoms with Crippen molar-refractivity contribution in [2.24, 2.45) is 5.92 Å². The molecular formula is C21H30N2O5S. The molecule has 0 radical (unpaired) electrons. The predicted molar refractivity (Wildman–Crippen MR) is 109 cm³/mol. The third-order valence-electron chi connectivity index (χ3n) is 5.98. The van der Waals surface area contributed by atoms with E-state index in [0.29, 0.717) is 31.5 Å². The van der Waals surface area contributed by atoms with E-state index in [1.807, 2.05) is 4.90 Å². The molecule has 2 aliphatic rings. The first-order valence-electron chi connectivity index (χ1n) is 10.3. The van der Waals surface area contributed by atoms with E-state index in [0.717, 1.165) is 25.7 Å². The summed E-state index contributed by atoms with van der Waals surface area (Å²) in [4.78, 5) is 26.4. The monoisotopic (exact) mass is 422 g/mol. The Labute approximate surface area is 172 Å². The number of hydrogen-bond donors (Lipinski definition) is 1. The van der Waals surface area contributed by atoms with Crippen LogP contribution in [0.4, 0.5) is 0 Å². The lowest BCUT2D eigenvalue weighted by atomic mass is 9.87. The van der Waals surface area contributed by atoms with Crippen molar-refractivity contribution in [2.75, 3.05) is 20.2 Å². The van der Waals surface area contributed by atoms with Crippen LogP contribution in [0.3, 0.4) is 0 Å². The number of nitrogens with one attached hydrogen (secondary N) is 1. The first-order valence-corrected chi connectivity index (χ1v) is 11.8. The Morgan fingerprint density at radius 1 is 1.07 bits per heavy atom. The Bertz CT molecular complexity index is 854. The zero-order chi connectivity index (χ0) is 21.0. The highest BCUT2D eigenvalue weighted by atomic mass is 32.2. The van der Waals surface area contributed by atoms with Crippen LogP contribution in [0.2, 0.25) is 0 Å². The Hall–Kier alpha value is -1.93. The fraction of sp³-hybridized carbons (Fsp3) is 0.619. The molecule has 1 aliphatic heterocycles. The molecule has 1 aliphatic carbocycles. The standard InChI is InChI=1S/C21H30N2O5S/c1-15-8-9-17(21(25)28-2)14-19(15)29(26,27)22-18-10-12-23(13-11-18)20(24)16-6-4-3-5-7-16/h8-9,14,16,18,22H,3-7,10-13H2,1-2H3. The zero-order valence-electron chi connectivity index (χ0n) is 17.1. The van der Waals surface area contributed by atoms with Crippen molar-refractivity contribution in [2.45, 2.75) is 62.8 Å². The van der Waals surface area contributed by atoms with Crippen LogP contribution in [0.25, 0.3) is 0 Å². The summed E-state index contributed by atoms with van der Waals surface area (Å²) < 4.78 is 33.3. The van der Waals surface area contributed by atoms with Gasteiger partial charge in [-0.15, -0.1) is 0 Å². The zero-order valence-corrected chi connectivity index (χ0v) is 18.0. The number of nitrogens with zero attached hydrogens (tertiary/aromatic N) is 1. The van der Waals surface area contributed by atoms with Crippen LogP contribution in [0.5, 0.6) is 0 Å². The van der Waals surface area contributed by atoms with Crippen molar-refractivity contribution >= 4 is 21.9 Å². The second kappa shape index (κ2) is 9.26. The second-order valence-corrected chi connectivity index (χ2v) is 9.71. The van der Waals surface area contributed by atoms with Gasteiger partial charge in [0.05, 0.1) is 17.6 Å². The third kappa shape index (κ3) is 5.17. The lowest BCUT2D eigenvalue weighted by molar-refractivity contribution is -0.137. The van der Waals surface area contributed by atoms with Crippen LogP contribution in [0.1, 0.15) is 60.9 Å². The number of methoxy groups -OCH3 is 1. The van der Waals surface area contributed by atoms with Crippen molar-refractivity contribution in [3.8, 4) is 0 Å². The van der Waals surface area contributed by atoms with E-state index in [1.54, 1.807) is 19.1 Å². The molecule has 0 bridgehead atoms. The molecule has 160 valence electrons. The van der Waals surface area contributed by atoms with Crippen LogP contribution < -0.4 is 4.72 Å². The number of benzene rings is 1. The number of sulfonamides is 1. The minimum absolute atomic E-state index is 0.0844. The molecule has 2 fully saturated rings. The first-order chi connectivity index (χ1) is 13.8. The number of likely N-dealkylation sites (tertiary alicyclic amines) is 1. The molecule has 1 amide bonds. The van der Waals surface area contributed by atoms with E-state index in [9.17, 15) is 18.0 Å². The van der Waals surface area contributed by atoms with Gasteiger partial charge in [0.2, 0.25) is 15.9 Å². The third-order valence-corrected chi connectivity index (χ3v) is 7.64. The van der Waals surface area contributed by atoms with Crippen molar-refractivity contribution in [3.63, 3.8) is 0 Å². The van der Waals surface area contributed by atoms with Gasteiger partial charge in [-0.3, -0.25) is 4.79 Å². The molecule has 1 heterocycles. The van der Waals surface area contributed by atoms with Crippen LogP contribution in [0.15, 0.2) is 23.1 Å². The molecule has 8 heteroatoms. The Morgan fingerprint density at radius 3 is 2.34 bits per heavy atom. The SMILES string of the molecule is COC(=O)c1ccc(C)c(S(=O)(=O)NC2CCN(C(=O)C3CCCCC3)CC2)c1. The number of rotatable bonds is 5. The molecule has 0 unspecified atom stereocenters. The molecular weight excluding hydrogens is 392 g/mol. The molecule has 0 aromatic heterocycles. The minimum Gasteiger partial charge on any atom is -0.465 e. The molecule has 7 nitrogen and oxygen atoms in total. The number of esters is 1. The maximum absolute atomic E-state index is 12.9. The van der Waals surface area contributed by atoms with Crippen LogP contribution >= 0.6 is 0 Å². The summed E-state index contributed by atoms with van der Waals surface area (Å²) in [6.45, 7) is 2.84. The highest BCUT2D eigenvalue weighted by Gasteiger charge is 2.31. The fourth-order valence-corrected chi connectivity index (χ4v) is 5.82. The Kier molecular flexibility index (Phi) is 6.95. The number of amides is 1. The van der Waals surface area contributed by atoms with Crippen LogP contribution in [-0.2, 0) is 19.6 Å². The van der Waals surface area contributed by atoms with E-state index in [2.05, 4.69) is 9.46 Å². The average Bonchev–Trinajstić information content (AvgIpc) is 2.73. The van der Waals surface area contributed by atoms with E-state index in [1.165, 1.54) is 19.6 Å². The molecule has 29 heavy (non-hydrogen) atoms. The molecule has 1 aromatic rings. The van der Waals surface area contributed by atoms with Gasteiger partial charge in [0.15, 0.2) is 0 Å². The maximum atomic E-state index is 12.9. The molecule has 3 rings (SSSR count). The van der Waals surface area contributed by atoms with Gasteiger partial charge in [0, 0.05) is 25.0 Å². The summed E-state index contributed by atoms with van der Waals surface area (Å²) in [5.74, 6) is -0.204. The number of hydrogen-bond acceptors (Lipinski definition) is 5. The summed E-state index contributed by atoms with van der Waals surface area (Å²) in [5, 5.41) is 0. The summed E-state index contributed by atoms with van der Waals surface area (Å²) in [7, 11) is -2.51. The van der Waals surface area contributed by atoms with Crippen molar-refractivity contribution < 1.29 is 22.7 Å². The Morgan fingerprint density at radius 2 is 1.72 bits per heavy atom. The van der Waals surface area contributed by atoms with Crippen LogP contribution in [0, 0.1) is 12.8 Å². The Balaban J connectivity index is 1.62. The summed E-state index contributed by atoms with van der Waals surface area (Å²) in [6.07, 6.45) is 6.58. The van der Waals surface area contributed by atoms with Crippen molar-refractivity contribution in [1.29, 1.82) is 0 Å². The maximum Gasteiger partial charge on any atom is 0.337 e. The number of carbonyl (C=O) groups excluding carboxylic acids is 2. The van der Waals surface area contributed by atoms with E-state index in [-0.39, 0.29) is 28.3 Å². The van der Waals surface area contributed by atoms with Crippen LogP contribution in [-0.4, -0.2) is 51.4 Å². The highest BCUT2D eigenvalue weighted by Crippen LogP contribution is 2.27. The van der Waals surface area contributed by atoms with Crippen molar-refractivity contribution in [3.05, 3.63) is 29.3 Å². The predicted octanol–water partition coefficient (Wildman–Crippen LogP) is 2.63. The van der Waals surface area contributed by atoms with E-state index < -0.39 is 16.0 Å². The van der Waals surface area contributed by atoms with Gasteiger partial charge in [0.1, 0.15) is 0 Å². The van der Waals surface area contributed by atoms with Gasteiger partial charge < -0.3 is 9.64 Å². The summed E-state index contributed by atoms with van der Waals surface area (Å²) in [5.41, 5.74) is 0.765. The minimum atomic E-state index is -3.77. The molecule has 1 aromatic carbocycles.